The van der Waals surface area contributed by atoms with Gasteiger partial charge in [-0.1, -0.05) is 12.1 Å². The van der Waals surface area contributed by atoms with Gasteiger partial charge >= 0.3 is 6.18 Å². The fourth-order valence-electron chi connectivity index (χ4n) is 4.42. The molecule has 2 fully saturated rings. The maximum absolute atomic E-state index is 14.6. The fraction of sp³-hybridized carbons (Fsp3) is 0.304. The third-order valence-electron chi connectivity index (χ3n) is 6.23. The van der Waals surface area contributed by atoms with Gasteiger partial charge < -0.3 is 4.90 Å². The average molecular weight is 494 g/mol. The Bertz CT molecular complexity index is 1220. The van der Waals surface area contributed by atoms with Crippen LogP contribution in [0.25, 0.3) is 0 Å². The summed E-state index contributed by atoms with van der Waals surface area (Å²) in [5.41, 5.74) is -2.15. The standard InChI is InChI=1S/C23H16ClF4N3O3/c24-20(33)15-8-22(9-15)21(34)30(18-6-3-14(10-29)7-17(18)25)12-19(32)31(22)11-13-1-4-16(5-2-13)23(26,27)28/h1-7,15H,8-9,11-12H2/t15-,22-. The first-order valence-electron chi connectivity index (χ1n) is 10.1. The van der Waals surface area contributed by atoms with E-state index in [-0.39, 0.29) is 30.6 Å². The molecule has 1 saturated carbocycles. The summed E-state index contributed by atoms with van der Waals surface area (Å²) in [7, 11) is 0. The molecule has 2 aliphatic rings. The first kappa shape index (κ1) is 23.7. The maximum Gasteiger partial charge on any atom is 0.416 e. The summed E-state index contributed by atoms with van der Waals surface area (Å²) in [4.78, 5) is 40.5. The number of amides is 2. The van der Waals surface area contributed by atoms with Gasteiger partial charge in [-0.2, -0.15) is 18.4 Å². The number of carbonyl (C=O) groups is 3. The Morgan fingerprint density at radius 1 is 1.15 bits per heavy atom. The fourth-order valence-corrected chi connectivity index (χ4v) is 4.57. The maximum atomic E-state index is 14.6. The van der Waals surface area contributed by atoms with Crippen molar-refractivity contribution in [2.45, 2.75) is 31.1 Å². The molecule has 1 aliphatic carbocycles. The van der Waals surface area contributed by atoms with Gasteiger partial charge in [0, 0.05) is 12.5 Å². The number of benzene rings is 2. The number of nitriles is 1. The monoisotopic (exact) mass is 493 g/mol. The summed E-state index contributed by atoms with van der Waals surface area (Å²) in [6.07, 6.45) is -4.70. The van der Waals surface area contributed by atoms with E-state index in [1.54, 1.807) is 6.07 Å². The predicted octanol–water partition coefficient (Wildman–Crippen LogP) is 4.01. The zero-order valence-corrected chi connectivity index (χ0v) is 18.2. The van der Waals surface area contributed by atoms with Crippen LogP contribution < -0.4 is 4.90 Å². The predicted molar refractivity (Wildman–Crippen MR) is 112 cm³/mol. The van der Waals surface area contributed by atoms with E-state index in [1.165, 1.54) is 29.2 Å². The minimum atomic E-state index is -4.52. The normalized spacial score (nSPS) is 22.5. The van der Waals surface area contributed by atoms with E-state index in [4.69, 9.17) is 16.9 Å². The Morgan fingerprint density at radius 2 is 1.79 bits per heavy atom. The largest absolute Gasteiger partial charge is 0.416 e. The van der Waals surface area contributed by atoms with Crippen LogP contribution in [-0.2, 0) is 27.1 Å². The Labute approximate surface area is 196 Å². The zero-order valence-electron chi connectivity index (χ0n) is 17.4. The van der Waals surface area contributed by atoms with Gasteiger partial charge in [0.1, 0.15) is 17.9 Å². The SMILES string of the molecule is N#Cc1ccc(N2CC(=O)N(Cc3ccc(C(F)(F)F)cc3)[C@]3(C[C@H](C(=O)Cl)C3)C2=O)c(F)c1. The number of hydrogen-bond donors (Lipinski definition) is 0. The lowest BCUT2D eigenvalue weighted by molar-refractivity contribution is -0.163. The van der Waals surface area contributed by atoms with Gasteiger partial charge in [0.25, 0.3) is 5.91 Å². The number of piperazine rings is 1. The highest BCUT2D eigenvalue weighted by molar-refractivity contribution is 6.64. The second-order valence-corrected chi connectivity index (χ2v) is 8.66. The third-order valence-corrected chi connectivity index (χ3v) is 6.54. The summed E-state index contributed by atoms with van der Waals surface area (Å²) < 4.78 is 53.3. The molecule has 34 heavy (non-hydrogen) atoms. The number of carbonyl (C=O) groups excluding carboxylic acids is 3. The van der Waals surface area contributed by atoms with Crippen molar-refractivity contribution in [3.63, 3.8) is 0 Å². The van der Waals surface area contributed by atoms with Crippen LogP contribution in [0.15, 0.2) is 42.5 Å². The van der Waals surface area contributed by atoms with E-state index in [0.717, 1.165) is 23.1 Å². The van der Waals surface area contributed by atoms with E-state index in [9.17, 15) is 31.9 Å². The molecule has 1 saturated heterocycles. The van der Waals surface area contributed by atoms with Gasteiger partial charge in [-0.15, -0.1) is 0 Å². The van der Waals surface area contributed by atoms with Crippen LogP contribution in [0.2, 0.25) is 0 Å². The van der Waals surface area contributed by atoms with Crippen LogP contribution in [-0.4, -0.2) is 34.0 Å². The van der Waals surface area contributed by atoms with Crippen molar-refractivity contribution in [2.24, 2.45) is 5.92 Å². The molecule has 0 unspecified atom stereocenters. The van der Waals surface area contributed by atoms with E-state index in [1.807, 2.05) is 0 Å². The third kappa shape index (κ3) is 4.01. The van der Waals surface area contributed by atoms with Gasteiger partial charge in [-0.25, -0.2) is 4.39 Å². The highest BCUT2D eigenvalue weighted by Gasteiger charge is 2.61. The van der Waals surface area contributed by atoms with Gasteiger partial charge in [-0.3, -0.25) is 19.3 Å². The Balaban J connectivity index is 1.67. The molecule has 11 heteroatoms. The molecular weight excluding hydrogens is 478 g/mol. The number of alkyl halides is 3. The van der Waals surface area contributed by atoms with Gasteiger partial charge in [-0.05, 0) is 60.3 Å². The highest BCUT2D eigenvalue weighted by atomic mass is 35.5. The number of nitrogens with zero attached hydrogens (tertiary/aromatic N) is 3. The first-order valence-corrected chi connectivity index (χ1v) is 10.5. The van der Waals surface area contributed by atoms with Gasteiger partial charge in [0.05, 0.1) is 22.9 Å². The second kappa shape index (κ2) is 8.40. The van der Waals surface area contributed by atoms with Gasteiger partial charge in [0.15, 0.2) is 0 Å². The van der Waals surface area contributed by atoms with E-state index >= 15 is 0 Å². The quantitative estimate of drug-likeness (QED) is 0.476. The van der Waals surface area contributed by atoms with Crippen LogP contribution in [0.4, 0.5) is 23.2 Å². The molecule has 0 bridgehead atoms. The van der Waals surface area contributed by atoms with Crippen molar-refractivity contribution >= 4 is 34.3 Å². The number of anilines is 1. The second-order valence-electron chi connectivity index (χ2n) is 8.28. The number of halogens is 5. The molecule has 4 rings (SSSR count). The first-order chi connectivity index (χ1) is 16.0. The molecule has 1 heterocycles. The van der Waals surface area contributed by atoms with Crippen LogP contribution in [0.1, 0.15) is 29.5 Å². The molecule has 2 amide bonds. The van der Waals surface area contributed by atoms with Crippen LogP contribution in [0.5, 0.6) is 0 Å². The highest BCUT2D eigenvalue weighted by Crippen LogP contribution is 2.48. The molecule has 2 aromatic carbocycles. The number of hydrogen-bond acceptors (Lipinski definition) is 4. The van der Waals surface area contributed by atoms with E-state index in [0.29, 0.717) is 5.56 Å². The minimum absolute atomic E-state index is 0.0344. The molecule has 1 aliphatic heterocycles. The molecule has 0 N–H and O–H groups in total. The molecular formula is C23H16ClF4N3O3. The smallest absolute Gasteiger partial charge is 0.322 e. The van der Waals surface area contributed by atoms with Crippen molar-refractivity contribution in [1.29, 1.82) is 5.26 Å². The van der Waals surface area contributed by atoms with Crippen molar-refractivity contribution in [2.75, 3.05) is 11.4 Å². The lowest BCUT2D eigenvalue weighted by atomic mass is 9.65. The van der Waals surface area contributed by atoms with Crippen molar-refractivity contribution in [3.05, 3.63) is 65.0 Å². The minimum Gasteiger partial charge on any atom is -0.322 e. The van der Waals surface area contributed by atoms with Crippen LogP contribution >= 0.6 is 11.6 Å². The molecule has 1 spiro atoms. The Kier molecular flexibility index (Phi) is 5.85. The van der Waals surface area contributed by atoms with E-state index in [2.05, 4.69) is 0 Å². The lowest BCUT2D eigenvalue weighted by Gasteiger charge is -2.56. The molecule has 2 aromatic rings. The summed E-state index contributed by atoms with van der Waals surface area (Å²) in [5.74, 6) is -2.75. The Morgan fingerprint density at radius 3 is 2.32 bits per heavy atom. The zero-order chi connectivity index (χ0) is 24.8. The van der Waals surface area contributed by atoms with Crippen LogP contribution in [0.3, 0.4) is 0 Å². The van der Waals surface area contributed by atoms with Crippen LogP contribution in [0, 0.1) is 23.1 Å². The molecule has 0 atom stereocenters. The van der Waals surface area contributed by atoms with Gasteiger partial charge in [0.2, 0.25) is 11.1 Å². The Hall–Kier alpha value is -3.45. The summed E-state index contributed by atoms with van der Waals surface area (Å²) in [5, 5.41) is 8.26. The summed E-state index contributed by atoms with van der Waals surface area (Å²) in [6, 6.07) is 9.44. The van der Waals surface area contributed by atoms with Crippen molar-refractivity contribution in [1.82, 2.24) is 4.90 Å². The lowest BCUT2D eigenvalue weighted by Crippen LogP contribution is -2.73. The number of rotatable bonds is 4. The molecule has 0 aromatic heterocycles. The molecule has 6 nitrogen and oxygen atoms in total. The van der Waals surface area contributed by atoms with E-state index < -0.39 is 52.6 Å². The summed E-state index contributed by atoms with van der Waals surface area (Å²) in [6.45, 7) is -0.681. The topological polar surface area (TPSA) is 81.5 Å². The molecule has 0 radical (unpaired) electrons. The molecule has 176 valence electrons. The van der Waals surface area contributed by atoms with Crippen molar-refractivity contribution < 1.29 is 31.9 Å². The van der Waals surface area contributed by atoms with Crippen molar-refractivity contribution in [3.8, 4) is 6.07 Å². The summed E-state index contributed by atoms with van der Waals surface area (Å²) >= 11 is 5.58. The average Bonchev–Trinajstić information content (AvgIpc) is 2.74.